The fraction of sp³-hybridized carbons (Fsp3) is 0.0833. The molecule has 7 nitrogen and oxygen atoms in total. The molecule has 3 aromatic heterocycles. The molecule has 0 fully saturated rings. The molecule has 0 saturated carbocycles. The van der Waals surface area contributed by atoms with Crippen LogP contribution in [0.1, 0.15) is 5.89 Å². The van der Waals surface area contributed by atoms with E-state index in [1.165, 1.54) is 0 Å². The number of pyridine rings is 2. The van der Waals surface area contributed by atoms with Crippen LogP contribution in [0.25, 0.3) is 33.6 Å². The Hall–Kier alpha value is -4.26. The van der Waals surface area contributed by atoms with Crippen molar-refractivity contribution < 1.29 is 9.15 Å². The van der Waals surface area contributed by atoms with Crippen LogP contribution in [0.2, 0.25) is 0 Å². The molecule has 0 N–H and O–H groups in total. The van der Waals surface area contributed by atoms with Crippen molar-refractivity contribution in [2.24, 2.45) is 0 Å². The monoisotopic (exact) mass is 410 g/mol. The molecule has 152 valence electrons. The molecule has 0 saturated heterocycles. The van der Waals surface area contributed by atoms with Crippen molar-refractivity contribution >= 4 is 11.0 Å². The second kappa shape index (κ2) is 7.87. The highest BCUT2D eigenvalue weighted by atomic mass is 16.5. The molecular weight excluding hydrogens is 392 g/mol. The number of hydrogen-bond donors (Lipinski definition) is 0. The van der Waals surface area contributed by atoms with Gasteiger partial charge in [-0.25, -0.2) is 4.98 Å². The number of rotatable bonds is 5. The molecule has 5 aromatic rings. The van der Waals surface area contributed by atoms with Crippen molar-refractivity contribution in [1.29, 1.82) is 0 Å². The van der Waals surface area contributed by atoms with Crippen LogP contribution in [0, 0.1) is 0 Å². The van der Waals surface area contributed by atoms with Gasteiger partial charge in [0.25, 0.3) is 5.56 Å². The van der Waals surface area contributed by atoms with Crippen molar-refractivity contribution in [2.75, 3.05) is 7.11 Å². The predicted octanol–water partition coefficient (Wildman–Crippen LogP) is 4.17. The Kier molecular flexibility index (Phi) is 4.76. The second-order valence-corrected chi connectivity index (χ2v) is 6.96. The highest BCUT2D eigenvalue weighted by Gasteiger charge is 2.15. The lowest BCUT2D eigenvalue weighted by Gasteiger charge is -2.11. The highest BCUT2D eigenvalue weighted by Crippen LogP contribution is 2.23. The van der Waals surface area contributed by atoms with Crippen LogP contribution in [-0.2, 0) is 6.54 Å². The molecule has 2 aromatic carbocycles. The van der Waals surface area contributed by atoms with Gasteiger partial charge in [-0.1, -0.05) is 30.3 Å². The third kappa shape index (κ3) is 3.57. The number of nitrogens with zero attached hydrogens (tertiary/aromatic N) is 4. The summed E-state index contributed by atoms with van der Waals surface area (Å²) in [6, 6.07) is 22.5. The Balaban J connectivity index is 1.60. The minimum Gasteiger partial charge on any atom is -0.497 e. The van der Waals surface area contributed by atoms with Crippen molar-refractivity contribution in [1.82, 2.24) is 19.7 Å². The summed E-state index contributed by atoms with van der Waals surface area (Å²) in [4.78, 5) is 17.8. The molecule has 31 heavy (non-hydrogen) atoms. The van der Waals surface area contributed by atoms with E-state index in [4.69, 9.17) is 9.15 Å². The minimum absolute atomic E-state index is 0.121. The van der Waals surface area contributed by atoms with Crippen LogP contribution in [-0.4, -0.2) is 26.9 Å². The molecule has 0 bridgehead atoms. The molecule has 0 unspecified atom stereocenters. The third-order valence-electron chi connectivity index (χ3n) is 5.03. The van der Waals surface area contributed by atoms with Crippen molar-refractivity contribution in [3.8, 4) is 28.3 Å². The Morgan fingerprint density at radius 2 is 1.74 bits per heavy atom. The van der Waals surface area contributed by atoms with E-state index in [0.29, 0.717) is 23.0 Å². The van der Waals surface area contributed by atoms with E-state index in [1.807, 2.05) is 72.8 Å². The summed E-state index contributed by atoms with van der Waals surface area (Å²) in [5, 5.41) is 9.11. The lowest BCUT2D eigenvalue weighted by Crippen LogP contribution is -2.23. The highest BCUT2D eigenvalue weighted by molar-refractivity contribution is 5.81. The van der Waals surface area contributed by atoms with Gasteiger partial charge in [0.15, 0.2) is 0 Å². The van der Waals surface area contributed by atoms with E-state index in [9.17, 15) is 4.79 Å². The summed E-state index contributed by atoms with van der Waals surface area (Å²) in [5.74, 6) is 1.47. The summed E-state index contributed by atoms with van der Waals surface area (Å²) < 4.78 is 12.6. The zero-order chi connectivity index (χ0) is 21.2. The maximum Gasteiger partial charge on any atom is 0.260 e. The van der Waals surface area contributed by atoms with Gasteiger partial charge in [-0.3, -0.25) is 9.36 Å². The first-order valence-electron chi connectivity index (χ1n) is 9.74. The summed E-state index contributed by atoms with van der Waals surface area (Å²) >= 11 is 0. The molecular formula is C24H18N4O3. The van der Waals surface area contributed by atoms with Crippen molar-refractivity contribution in [3.05, 3.63) is 95.2 Å². The van der Waals surface area contributed by atoms with Crippen LogP contribution in [0.3, 0.4) is 0 Å². The smallest absolute Gasteiger partial charge is 0.260 e. The predicted molar refractivity (Wildman–Crippen MR) is 117 cm³/mol. The molecule has 5 rings (SSSR count). The van der Waals surface area contributed by atoms with Gasteiger partial charge in [0.05, 0.1) is 7.11 Å². The van der Waals surface area contributed by atoms with Gasteiger partial charge in [0.2, 0.25) is 11.8 Å². The number of ether oxygens (including phenoxy) is 1. The zero-order valence-corrected chi connectivity index (χ0v) is 16.7. The maximum absolute atomic E-state index is 13.4. The molecule has 0 aliphatic carbocycles. The van der Waals surface area contributed by atoms with Gasteiger partial charge in [0.1, 0.15) is 17.9 Å². The van der Waals surface area contributed by atoms with Gasteiger partial charge in [-0.2, -0.15) is 0 Å². The largest absolute Gasteiger partial charge is 0.497 e. The number of aromatic nitrogens is 4. The van der Waals surface area contributed by atoms with Crippen LogP contribution in [0.15, 0.2) is 88.2 Å². The van der Waals surface area contributed by atoms with E-state index < -0.39 is 0 Å². The van der Waals surface area contributed by atoms with Crippen LogP contribution < -0.4 is 10.3 Å². The van der Waals surface area contributed by atoms with E-state index in [2.05, 4.69) is 15.2 Å². The van der Waals surface area contributed by atoms with Gasteiger partial charge in [0, 0.05) is 22.7 Å². The topological polar surface area (TPSA) is 83.0 Å². The summed E-state index contributed by atoms with van der Waals surface area (Å²) in [7, 11) is 1.61. The fourth-order valence-electron chi connectivity index (χ4n) is 3.48. The van der Waals surface area contributed by atoms with Gasteiger partial charge in [-0.05, 0) is 48.0 Å². The maximum atomic E-state index is 13.4. The Labute approximate surface area is 177 Å². The normalized spacial score (nSPS) is 11.0. The molecule has 0 spiro atoms. The SMILES string of the molecule is COc1ccc(-c2cc3cccnc3n(Cc3nnc(-c4ccccc4)o3)c2=O)cc1. The van der Waals surface area contributed by atoms with E-state index >= 15 is 0 Å². The Morgan fingerprint density at radius 1 is 0.935 bits per heavy atom. The van der Waals surface area contributed by atoms with Crippen LogP contribution in [0.5, 0.6) is 5.75 Å². The minimum atomic E-state index is -0.184. The summed E-state index contributed by atoms with van der Waals surface area (Å²) in [6.45, 7) is 0.121. The lowest BCUT2D eigenvalue weighted by atomic mass is 10.1. The lowest BCUT2D eigenvalue weighted by molar-refractivity contribution is 0.415. The molecule has 0 aliphatic rings. The first-order chi connectivity index (χ1) is 15.2. The Bertz CT molecular complexity index is 1410. The number of hydrogen-bond acceptors (Lipinski definition) is 6. The Morgan fingerprint density at radius 3 is 2.52 bits per heavy atom. The second-order valence-electron chi connectivity index (χ2n) is 6.96. The average Bonchev–Trinajstić information content (AvgIpc) is 3.30. The summed E-state index contributed by atoms with van der Waals surface area (Å²) in [5.41, 5.74) is 2.55. The number of fused-ring (bicyclic) bond motifs is 1. The average molecular weight is 410 g/mol. The van der Waals surface area contributed by atoms with Crippen LogP contribution >= 0.6 is 0 Å². The first kappa shape index (κ1) is 18.7. The van der Waals surface area contributed by atoms with E-state index in [-0.39, 0.29) is 12.1 Å². The molecule has 7 heteroatoms. The van der Waals surface area contributed by atoms with E-state index in [1.54, 1.807) is 17.9 Å². The van der Waals surface area contributed by atoms with Crippen LogP contribution in [0.4, 0.5) is 0 Å². The van der Waals surface area contributed by atoms with Crippen molar-refractivity contribution in [2.45, 2.75) is 6.54 Å². The third-order valence-corrected chi connectivity index (χ3v) is 5.03. The van der Waals surface area contributed by atoms with Gasteiger partial charge in [-0.15, -0.1) is 10.2 Å². The first-order valence-corrected chi connectivity index (χ1v) is 9.74. The number of benzene rings is 2. The van der Waals surface area contributed by atoms with Gasteiger partial charge < -0.3 is 9.15 Å². The quantitative estimate of drug-likeness (QED) is 0.432. The molecule has 3 heterocycles. The standard InChI is InChI=1S/C24H18N4O3/c1-30-19-11-9-16(10-12-19)20-14-18-8-5-13-25-22(18)28(24(20)29)15-21-26-27-23(31-21)17-6-3-2-4-7-17/h2-14H,15H2,1H3. The number of methoxy groups -OCH3 is 1. The fourth-order valence-corrected chi connectivity index (χ4v) is 3.48. The molecule has 0 amide bonds. The summed E-state index contributed by atoms with van der Waals surface area (Å²) in [6.07, 6.45) is 1.66. The zero-order valence-electron chi connectivity index (χ0n) is 16.7. The van der Waals surface area contributed by atoms with Crippen molar-refractivity contribution in [3.63, 3.8) is 0 Å². The molecule has 0 atom stereocenters. The molecule has 0 aliphatic heterocycles. The molecule has 0 radical (unpaired) electrons. The van der Waals surface area contributed by atoms with E-state index in [0.717, 1.165) is 22.3 Å². The van der Waals surface area contributed by atoms with Gasteiger partial charge >= 0.3 is 0 Å².